The molecule has 2 aromatic carbocycles. The summed E-state index contributed by atoms with van der Waals surface area (Å²) in [6.07, 6.45) is 1.34. The van der Waals surface area contributed by atoms with Gasteiger partial charge < -0.3 is 19.7 Å². The number of nitrogens with zero attached hydrogens (tertiary/aromatic N) is 1. The van der Waals surface area contributed by atoms with Gasteiger partial charge in [0.05, 0.1) is 7.11 Å². The molecular formula is C25H34N2O4. The average Bonchev–Trinajstić information content (AvgIpc) is 2.77. The Morgan fingerprint density at radius 1 is 1.10 bits per heavy atom. The molecule has 1 N–H and O–H groups in total. The van der Waals surface area contributed by atoms with E-state index in [4.69, 9.17) is 9.47 Å². The van der Waals surface area contributed by atoms with Crippen LogP contribution in [0, 0.1) is 13.8 Å². The monoisotopic (exact) mass is 426 g/mol. The summed E-state index contributed by atoms with van der Waals surface area (Å²) in [5.74, 6) is 1.01. The van der Waals surface area contributed by atoms with Crippen molar-refractivity contribution in [2.45, 2.75) is 53.1 Å². The van der Waals surface area contributed by atoms with Crippen molar-refractivity contribution < 1.29 is 19.1 Å². The van der Waals surface area contributed by atoms with Crippen LogP contribution in [0.3, 0.4) is 0 Å². The van der Waals surface area contributed by atoms with Crippen molar-refractivity contribution in [1.82, 2.24) is 10.2 Å². The van der Waals surface area contributed by atoms with Crippen molar-refractivity contribution in [2.24, 2.45) is 0 Å². The van der Waals surface area contributed by atoms with E-state index in [0.29, 0.717) is 31.0 Å². The lowest BCUT2D eigenvalue weighted by Gasteiger charge is -2.30. The third-order valence-electron chi connectivity index (χ3n) is 5.12. The van der Waals surface area contributed by atoms with Crippen LogP contribution in [-0.2, 0) is 16.1 Å². The van der Waals surface area contributed by atoms with Gasteiger partial charge in [0.15, 0.2) is 6.61 Å². The summed E-state index contributed by atoms with van der Waals surface area (Å²) < 4.78 is 11.2. The van der Waals surface area contributed by atoms with Crippen molar-refractivity contribution >= 4 is 11.8 Å². The zero-order chi connectivity index (χ0) is 22.8. The molecule has 0 saturated carbocycles. The van der Waals surface area contributed by atoms with Crippen molar-refractivity contribution in [3.63, 3.8) is 0 Å². The normalized spacial score (nSPS) is 11.5. The number of carbonyl (C=O) groups excluding carboxylic acids is 2. The van der Waals surface area contributed by atoms with Gasteiger partial charge in [-0.25, -0.2) is 0 Å². The van der Waals surface area contributed by atoms with Gasteiger partial charge in [0.1, 0.15) is 17.5 Å². The van der Waals surface area contributed by atoms with Gasteiger partial charge in [0, 0.05) is 13.1 Å². The van der Waals surface area contributed by atoms with Crippen LogP contribution >= 0.6 is 0 Å². The van der Waals surface area contributed by atoms with E-state index in [9.17, 15) is 9.59 Å². The van der Waals surface area contributed by atoms with E-state index in [1.165, 1.54) is 0 Å². The van der Waals surface area contributed by atoms with Crippen LogP contribution in [0.4, 0.5) is 0 Å². The molecule has 0 aliphatic carbocycles. The van der Waals surface area contributed by atoms with Crippen molar-refractivity contribution in [3.8, 4) is 11.5 Å². The van der Waals surface area contributed by atoms with Crippen LogP contribution in [0.1, 0.15) is 43.4 Å². The molecule has 0 radical (unpaired) electrons. The van der Waals surface area contributed by atoms with Gasteiger partial charge >= 0.3 is 0 Å². The maximum absolute atomic E-state index is 13.2. The minimum Gasteiger partial charge on any atom is -0.497 e. The number of ether oxygens (including phenoxy) is 2. The molecule has 0 heterocycles. The Hall–Kier alpha value is -3.02. The first-order valence-corrected chi connectivity index (χ1v) is 10.8. The van der Waals surface area contributed by atoms with Crippen LogP contribution in [-0.4, -0.2) is 43.0 Å². The van der Waals surface area contributed by atoms with E-state index in [1.54, 1.807) is 12.0 Å². The molecule has 2 amide bonds. The Kier molecular flexibility index (Phi) is 9.38. The Morgan fingerprint density at radius 2 is 1.87 bits per heavy atom. The predicted molar refractivity (Wildman–Crippen MR) is 122 cm³/mol. The number of aryl methyl sites for hydroxylation is 2. The number of rotatable bonds is 11. The largest absolute Gasteiger partial charge is 0.497 e. The SMILES string of the molecule is CCCNC(=O)C(CC)N(Cc1cccc(OC)c1)C(=O)COc1cc(C)ccc1C. The van der Waals surface area contributed by atoms with Crippen LogP contribution in [0.2, 0.25) is 0 Å². The number of amides is 2. The van der Waals surface area contributed by atoms with Gasteiger partial charge in [-0.15, -0.1) is 0 Å². The molecule has 0 fully saturated rings. The molecule has 168 valence electrons. The first-order valence-electron chi connectivity index (χ1n) is 10.8. The fourth-order valence-corrected chi connectivity index (χ4v) is 3.34. The summed E-state index contributed by atoms with van der Waals surface area (Å²) in [6.45, 7) is 8.58. The Balaban J connectivity index is 2.24. The van der Waals surface area contributed by atoms with Gasteiger partial charge in [0.2, 0.25) is 5.91 Å². The zero-order valence-electron chi connectivity index (χ0n) is 19.2. The van der Waals surface area contributed by atoms with Crippen molar-refractivity contribution in [1.29, 1.82) is 0 Å². The molecular weight excluding hydrogens is 392 g/mol. The summed E-state index contributed by atoms with van der Waals surface area (Å²) in [6, 6.07) is 12.8. The maximum Gasteiger partial charge on any atom is 0.261 e. The molecule has 0 aliphatic rings. The highest BCUT2D eigenvalue weighted by molar-refractivity contribution is 5.88. The number of benzene rings is 2. The quantitative estimate of drug-likeness (QED) is 0.589. The summed E-state index contributed by atoms with van der Waals surface area (Å²) in [7, 11) is 1.60. The van der Waals surface area contributed by atoms with Crippen molar-refractivity contribution in [2.75, 3.05) is 20.3 Å². The van der Waals surface area contributed by atoms with Crippen LogP contribution in [0.25, 0.3) is 0 Å². The van der Waals surface area contributed by atoms with E-state index < -0.39 is 6.04 Å². The number of hydrogen-bond donors (Lipinski definition) is 1. The van der Waals surface area contributed by atoms with E-state index in [2.05, 4.69) is 5.32 Å². The molecule has 6 nitrogen and oxygen atoms in total. The van der Waals surface area contributed by atoms with Gasteiger partial charge in [-0.2, -0.15) is 0 Å². The molecule has 0 aromatic heterocycles. The molecule has 6 heteroatoms. The smallest absolute Gasteiger partial charge is 0.261 e. The summed E-state index contributed by atoms with van der Waals surface area (Å²) in [5.41, 5.74) is 2.92. The Morgan fingerprint density at radius 3 is 2.55 bits per heavy atom. The van der Waals surface area contributed by atoms with E-state index in [0.717, 1.165) is 23.1 Å². The first kappa shape index (κ1) is 24.3. The van der Waals surface area contributed by atoms with Gasteiger partial charge in [0.25, 0.3) is 5.91 Å². The molecule has 2 aromatic rings. The minimum atomic E-state index is -0.576. The molecule has 1 atom stereocenters. The van der Waals surface area contributed by atoms with E-state index in [1.807, 2.05) is 70.2 Å². The fourth-order valence-electron chi connectivity index (χ4n) is 3.34. The second kappa shape index (κ2) is 12.0. The van der Waals surface area contributed by atoms with Crippen LogP contribution < -0.4 is 14.8 Å². The lowest BCUT2D eigenvalue weighted by atomic mass is 10.1. The van der Waals surface area contributed by atoms with Crippen LogP contribution in [0.5, 0.6) is 11.5 Å². The summed E-state index contributed by atoms with van der Waals surface area (Å²) in [4.78, 5) is 27.6. The molecule has 0 saturated heterocycles. The van der Waals surface area contributed by atoms with Gasteiger partial charge in [-0.3, -0.25) is 9.59 Å². The highest BCUT2D eigenvalue weighted by Gasteiger charge is 2.29. The topological polar surface area (TPSA) is 67.9 Å². The first-order chi connectivity index (χ1) is 14.9. The molecule has 0 spiro atoms. The third-order valence-corrected chi connectivity index (χ3v) is 5.12. The second-order valence-electron chi connectivity index (χ2n) is 7.65. The molecule has 1 unspecified atom stereocenters. The fraction of sp³-hybridized carbons (Fsp3) is 0.440. The van der Waals surface area contributed by atoms with Crippen LogP contribution in [0.15, 0.2) is 42.5 Å². The molecule has 0 bridgehead atoms. The third kappa shape index (κ3) is 7.02. The minimum absolute atomic E-state index is 0.133. The molecule has 31 heavy (non-hydrogen) atoms. The van der Waals surface area contributed by atoms with Gasteiger partial charge in [-0.1, -0.05) is 38.1 Å². The number of carbonyl (C=O) groups is 2. The predicted octanol–water partition coefficient (Wildman–Crippen LogP) is 4.02. The highest BCUT2D eigenvalue weighted by atomic mass is 16.5. The summed E-state index contributed by atoms with van der Waals surface area (Å²) >= 11 is 0. The Bertz CT molecular complexity index is 882. The second-order valence-corrected chi connectivity index (χ2v) is 7.65. The number of methoxy groups -OCH3 is 1. The van der Waals surface area contributed by atoms with Crippen molar-refractivity contribution in [3.05, 3.63) is 59.2 Å². The maximum atomic E-state index is 13.2. The average molecular weight is 427 g/mol. The molecule has 2 rings (SSSR count). The van der Waals surface area contributed by atoms with Gasteiger partial charge in [-0.05, 0) is 61.6 Å². The number of hydrogen-bond acceptors (Lipinski definition) is 4. The lowest BCUT2D eigenvalue weighted by Crippen LogP contribution is -2.50. The molecule has 0 aliphatic heterocycles. The summed E-state index contributed by atoms with van der Waals surface area (Å²) in [5, 5.41) is 2.92. The lowest BCUT2D eigenvalue weighted by molar-refractivity contribution is -0.143. The van der Waals surface area contributed by atoms with E-state index >= 15 is 0 Å². The van der Waals surface area contributed by atoms with E-state index in [-0.39, 0.29) is 18.4 Å². The Labute approximate surface area is 185 Å². The zero-order valence-corrected chi connectivity index (χ0v) is 19.2. The highest BCUT2D eigenvalue weighted by Crippen LogP contribution is 2.21. The number of nitrogens with one attached hydrogen (secondary N) is 1. The standard InChI is InChI=1S/C25H34N2O4/c1-6-13-26-25(29)22(7-2)27(16-20-9-8-10-21(15-20)30-5)24(28)17-31-23-14-18(3)11-12-19(23)4/h8-12,14-15,22H,6-7,13,16-17H2,1-5H3,(H,26,29).